The molecule has 1 aromatic rings. The van der Waals surface area contributed by atoms with Crippen molar-refractivity contribution in [3.63, 3.8) is 0 Å². The van der Waals surface area contributed by atoms with Gasteiger partial charge in [-0.15, -0.1) is 0 Å². The first-order chi connectivity index (χ1) is 11.7. The van der Waals surface area contributed by atoms with Gasteiger partial charge in [0.2, 0.25) is 0 Å². The first kappa shape index (κ1) is 20.8. The second-order valence-electron chi connectivity index (χ2n) is 5.60. The van der Waals surface area contributed by atoms with Crippen LogP contribution in [-0.4, -0.2) is 63.4 Å². The Morgan fingerprint density at radius 1 is 1.20 bits per heavy atom. The Bertz CT molecular complexity index is 672. The Morgan fingerprint density at radius 3 is 2.40 bits per heavy atom. The SMILES string of the molecule is CN(CCCOc1ccc(S(C)(=O)=O)cc1)C(=O)NCCCC(=O)O. The van der Waals surface area contributed by atoms with Crippen LogP contribution < -0.4 is 10.1 Å². The predicted octanol–water partition coefficient (Wildman–Crippen LogP) is 1.37. The summed E-state index contributed by atoms with van der Waals surface area (Å²) in [6.07, 6.45) is 2.16. The zero-order valence-corrected chi connectivity index (χ0v) is 15.2. The van der Waals surface area contributed by atoms with Gasteiger partial charge in [0.1, 0.15) is 5.75 Å². The van der Waals surface area contributed by atoms with Crippen LogP contribution in [0.1, 0.15) is 19.3 Å². The number of aliphatic carboxylic acids is 1. The van der Waals surface area contributed by atoms with E-state index in [-0.39, 0.29) is 17.3 Å². The summed E-state index contributed by atoms with van der Waals surface area (Å²) < 4.78 is 28.2. The van der Waals surface area contributed by atoms with Gasteiger partial charge in [-0.2, -0.15) is 0 Å². The minimum absolute atomic E-state index is 0.0238. The third-order valence-corrected chi connectivity index (χ3v) is 4.48. The number of rotatable bonds is 10. The first-order valence-corrected chi connectivity index (χ1v) is 9.73. The van der Waals surface area contributed by atoms with Crippen molar-refractivity contribution in [1.29, 1.82) is 0 Å². The molecule has 0 fully saturated rings. The smallest absolute Gasteiger partial charge is 0.317 e. The zero-order valence-electron chi connectivity index (χ0n) is 14.4. The van der Waals surface area contributed by atoms with E-state index in [9.17, 15) is 18.0 Å². The van der Waals surface area contributed by atoms with Gasteiger partial charge in [0.25, 0.3) is 0 Å². The van der Waals surface area contributed by atoms with Crippen LogP contribution in [0, 0.1) is 0 Å². The van der Waals surface area contributed by atoms with E-state index < -0.39 is 15.8 Å². The molecule has 1 aromatic carbocycles. The summed E-state index contributed by atoms with van der Waals surface area (Å²) in [4.78, 5) is 23.9. The maximum atomic E-state index is 11.8. The Balaban J connectivity index is 2.23. The van der Waals surface area contributed by atoms with Gasteiger partial charge in [-0.05, 0) is 37.1 Å². The molecule has 0 atom stereocenters. The predicted molar refractivity (Wildman–Crippen MR) is 92.6 cm³/mol. The van der Waals surface area contributed by atoms with Crippen molar-refractivity contribution < 1.29 is 27.9 Å². The topological polar surface area (TPSA) is 113 Å². The summed E-state index contributed by atoms with van der Waals surface area (Å²) in [5.74, 6) is -0.322. The second kappa shape index (κ2) is 9.87. The van der Waals surface area contributed by atoms with Crippen LogP contribution in [0.4, 0.5) is 4.79 Å². The molecule has 25 heavy (non-hydrogen) atoms. The summed E-state index contributed by atoms with van der Waals surface area (Å²) in [6, 6.07) is 5.90. The van der Waals surface area contributed by atoms with E-state index in [0.29, 0.717) is 38.3 Å². The van der Waals surface area contributed by atoms with E-state index in [0.717, 1.165) is 6.26 Å². The van der Waals surface area contributed by atoms with Gasteiger partial charge in [0, 0.05) is 32.8 Å². The molecule has 1 rings (SSSR count). The molecule has 0 saturated carbocycles. The molecule has 0 spiro atoms. The number of hydrogen-bond donors (Lipinski definition) is 2. The normalized spacial score (nSPS) is 11.0. The van der Waals surface area contributed by atoms with Gasteiger partial charge in [-0.3, -0.25) is 4.79 Å². The van der Waals surface area contributed by atoms with Gasteiger partial charge >= 0.3 is 12.0 Å². The van der Waals surface area contributed by atoms with E-state index in [1.54, 1.807) is 19.2 Å². The highest BCUT2D eigenvalue weighted by atomic mass is 32.2. The van der Waals surface area contributed by atoms with Crippen LogP contribution in [0.2, 0.25) is 0 Å². The maximum absolute atomic E-state index is 11.8. The Labute approximate surface area is 147 Å². The van der Waals surface area contributed by atoms with E-state index in [1.807, 2.05) is 0 Å². The number of carbonyl (C=O) groups excluding carboxylic acids is 1. The molecule has 0 bridgehead atoms. The van der Waals surface area contributed by atoms with E-state index in [4.69, 9.17) is 9.84 Å². The quantitative estimate of drug-likeness (QED) is 0.600. The number of nitrogens with one attached hydrogen (secondary N) is 1. The lowest BCUT2D eigenvalue weighted by molar-refractivity contribution is -0.137. The molecule has 0 saturated heterocycles. The Morgan fingerprint density at radius 2 is 1.84 bits per heavy atom. The number of hydrogen-bond acceptors (Lipinski definition) is 5. The number of benzene rings is 1. The monoisotopic (exact) mass is 372 g/mol. The van der Waals surface area contributed by atoms with Crippen LogP contribution in [-0.2, 0) is 14.6 Å². The van der Waals surface area contributed by atoms with Crippen molar-refractivity contribution in [2.45, 2.75) is 24.2 Å². The van der Waals surface area contributed by atoms with Crippen LogP contribution in [0.3, 0.4) is 0 Å². The summed E-state index contributed by atoms with van der Waals surface area (Å²) in [6.45, 7) is 1.18. The second-order valence-corrected chi connectivity index (χ2v) is 7.61. The first-order valence-electron chi connectivity index (χ1n) is 7.84. The third kappa shape index (κ3) is 8.39. The molecule has 9 heteroatoms. The van der Waals surface area contributed by atoms with Crippen LogP contribution in [0.5, 0.6) is 5.75 Å². The van der Waals surface area contributed by atoms with E-state index in [2.05, 4.69) is 5.32 Å². The van der Waals surface area contributed by atoms with Crippen LogP contribution >= 0.6 is 0 Å². The Kier molecular flexibility index (Phi) is 8.20. The number of ether oxygens (including phenoxy) is 1. The highest BCUT2D eigenvalue weighted by Crippen LogP contribution is 2.15. The van der Waals surface area contributed by atoms with Gasteiger partial charge in [0.15, 0.2) is 9.84 Å². The molecule has 2 N–H and O–H groups in total. The summed E-state index contributed by atoms with van der Waals surface area (Å²) >= 11 is 0. The van der Waals surface area contributed by atoms with Gasteiger partial charge < -0.3 is 20.1 Å². The summed E-state index contributed by atoms with van der Waals surface area (Å²) in [5, 5.41) is 11.2. The molecule has 0 aromatic heterocycles. The lowest BCUT2D eigenvalue weighted by atomic mass is 10.3. The average molecular weight is 372 g/mol. The van der Waals surface area contributed by atoms with Crippen molar-refractivity contribution in [3.05, 3.63) is 24.3 Å². The van der Waals surface area contributed by atoms with Crippen molar-refractivity contribution in [2.75, 3.05) is 33.0 Å². The van der Waals surface area contributed by atoms with Gasteiger partial charge in [-0.25, -0.2) is 13.2 Å². The van der Waals surface area contributed by atoms with Crippen LogP contribution in [0.15, 0.2) is 29.2 Å². The number of carboxylic acids is 1. The lowest BCUT2D eigenvalue weighted by Gasteiger charge is -2.18. The molecular formula is C16H24N2O6S. The summed E-state index contributed by atoms with van der Waals surface area (Å²) in [7, 11) is -1.57. The number of urea groups is 1. The molecule has 8 nitrogen and oxygen atoms in total. The number of nitrogens with zero attached hydrogens (tertiary/aromatic N) is 1. The molecule has 0 aliphatic heterocycles. The Hall–Kier alpha value is -2.29. The van der Waals surface area contributed by atoms with Crippen molar-refractivity contribution in [3.8, 4) is 5.75 Å². The van der Waals surface area contributed by atoms with Crippen molar-refractivity contribution >= 4 is 21.8 Å². The largest absolute Gasteiger partial charge is 0.494 e. The van der Waals surface area contributed by atoms with E-state index in [1.165, 1.54) is 17.0 Å². The van der Waals surface area contributed by atoms with Gasteiger partial charge in [-0.1, -0.05) is 0 Å². The van der Waals surface area contributed by atoms with Crippen molar-refractivity contribution in [1.82, 2.24) is 10.2 Å². The molecule has 0 unspecified atom stereocenters. The third-order valence-electron chi connectivity index (χ3n) is 3.35. The molecular weight excluding hydrogens is 348 g/mol. The lowest BCUT2D eigenvalue weighted by Crippen LogP contribution is -2.38. The fraction of sp³-hybridized carbons (Fsp3) is 0.500. The molecule has 0 radical (unpaired) electrons. The standard InChI is InChI=1S/C16H24N2O6S/c1-18(16(21)17-10-3-5-15(19)20)11-4-12-24-13-6-8-14(9-7-13)25(2,22)23/h6-9H,3-5,10-12H2,1-2H3,(H,17,21)(H,19,20). The zero-order chi connectivity index (χ0) is 18.9. The molecule has 2 amide bonds. The minimum Gasteiger partial charge on any atom is -0.494 e. The number of carboxylic acid groups (broad SMARTS) is 1. The minimum atomic E-state index is -3.22. The molecule has 0 aliphatic carbocycles. The average Bonchev–Trinajstić information content (AvgIpc) is 2.54. The fourth-order valence-corrected chi connectivity index (χ4v) is 2.58. The maximum Gasteiger partial charge on any atom is 0.317 e. The molecule has 0 heterocycles. The molecule has 140 valence electrons. The highest BCUT2D eigenvalue weighted by molar-refractivity contribution is 7.90. The number of sulfone groups is 1. The highest BCUT2D eigenvalue weighted by Gasteiger charge is 2.08. The van der Waals surface area contributed by atoms with E-state index >= 15 is 0 Å². The van der Waals surface area contributed by atoms with Gasteiger partial charge in [0.05, 0.1) is 11.5 Å². The number of amides is 2. The molecule has 0 aliphatic rings. The fourth-order valence-electron chi connectivity index (χ4n) is 1.95. The van der Waals surface area contributed by atoms with Crippen molar-refractivity contribution in [2.24, 2.45) is 0 Å². The number of carbonyl (C=O) groups is 2. The summed E-state index contributed by atoms with van der Waals surface area (Å²) in [5.41, 5.74) is 0. The van der Waals surface area contributed by atoms with Crippen LogP contribution in [0.25, 0.3) is 0 Å².